The van der Waals surface area contributed by atoms with Crippen molar-refractivity contribution in [3.8, 4) is 0 Å². The number of nitrogens with zero attached hydrogens (tertiary/aromatic N) is 1. The van der Waals surface area contributed by atoms with Crippen molar-refractivity contribution < 1.29 is 9.59 Å². The normalized spacial score (nSPS) is 27.7. The van der Waals surface area contributed by atoms with Crippen LogP contribution in [0.2, 0.25) is 0 Å². The molecule has 2 saturated heterocycles. The lowest BCUT2D eigenvalue weighted by atomic mass is 9.93. The highest BCUT2D eigenvalue weighted by Gasteiger charge is 2.29. The van der Waals surface area contributed by atoms with E-state index >= 15 is 0 Å². The summed E-state index contributed by atoms with van der Waals surface area (Å²) in [5.41, 5.74) is 0. The maximum Gasteiger partial charge on any atom is 0.237 e. The molecule has 2 N–H and O–H groups in total. The van der Waals surface area contributed by atoms with E-state index in [1.165, 1.54) is 0 Å². The molecule has 0 aromatic carbocycles. The lowest BCUT2D eigenvalue weighted by molar-refractivity contribution is -0.135. The summed E-state index contributed by atoms with van der Waals surface area (Å²) in [5.74, 6) is 1.04. The summed E-state index contributed by atoms with van der Waals surface area (Å²) in [7, 11) is 0. The van der Waals surface area contributed by atoms with E-state index in [4.69, 9.17) is 0 Å². The van der Waals surface area contributed by atoms with E-state index in [1.54, 1.807) is 0 Å². The van der Waals surface area contributed by atoms with Gasteiger partial charge in [-0.25, -0.2) is 0 Å². The highest BCUT2D eigenvalue weighted by molar-refractivity contribution is 5.82. The van der Waals surface area contributed by atoms with Crippen LogP contribution in [0.3, 0.4) is 0 Å². The monoisotopic (exact) mass is 295 g/mol. The Morgan fingerprint density at radius 3 is 2.43 bits per heavy atom. The summed E-state index contributed by atoms with van der Waals surface area (Å²) in [4.78, 5) is 26.1. The largest absolute Gasteiger partial charge is 0.352 e. The number of rotatable bonds is 3. The zero-order chi connectivity index (χ0) is 15.4. The number of nitrogens with one attached hydrogen (secondary N) is 2. The van der Waals surface area contributed by atoms with Crippen molar-refractivity contribution >= 4 is 11.8 Å². The molecule has 2 heterocycles. The lowest BCUT2D eigenvalue weighted by Gasteiger charge is -2.35. The number of carbonyl (C=O) groups is 2. The second kappa shape index (κ2) is 7.25. The second-order valence-corrected chi connectivity index (χ2v) is 6.90. The average Bonchev–Trinajstić information content (AvgIpc) is 2.47. The standard InChI is InChI=1S/C16H29N3O2/c1-11(2)16(21)19-8-5-13(6-9-19)18-15(20)14-10-12(3)4-7-17-14/h11-14,17H,4-10H2,1-3H3,(H,18,20). The molecule has 2 atom stereocenters. The van der Waals surface area contributed by atoms with Crippen LogP contribution in [0.1, 0.15) is 46.5 Å². The van der Waals surface area contributed by atoms with Gasteiger partial charge in [-0.05, 0) is 38.1 Å². The molecule has 21 heavy (non-hydrogen) atoms. The molecule has 2 aliphatic heterocycles. The summed E-state index contributed by atoms with van der Waals surface area (Å²) >= 11 is 0. The van der Waals surface area contributed by atoms with E-state index < -0.39 is 0 Å². The van der Waals surface area contributed by atoms with Gasteiger partial charge in [-0.15, -0.1) is 0 Å². The van der Waals surface area contributed by atoms with Gasteiger partial charge in [0.2, 0.25) is 11.8 Å². The first-order chi connectivity index (χ1) is 9.97. The Morgan fingerprint density at radius 1 is 1.19 bits per heavy atom. The van der Waals surface area contributed by atoms with Gasteiger partial charge in [0.1, 0.15) is 0 Å². The van der Waals surface area contributed by atoms with Crippen molar-refractivity contribution in [3.63, 3.8) is 0 Å². The molecule has 2 unspecified atom stereocenters. The fourth-order valence-electron chi connectivity index (χ4n) is 3.22. The SMILES string of the molecule is CC1CCNC(C(=O)NC2CCN(C(=O)C(C)C)CC2)C1. The third-order valence-corrected chi connectivity index (χ3v) is 4.63. The lowest BCUT2D eigenvalue weighted by Crippen LogP contribution is -2.53. The third kappa shape index (κ3) is 4.43. The molecule has 2 fully saturated rings. The van der Waals surface area contributed by atoms with Crippen molar-refractivity contribution in [2.75, 3.05) is 19.6 Å². The maximum absolute atomic E-state index is 12.3. The van der Waals surface area contributed by atoms with Gasteiger partial charge in [0, 0.05) is 25.0 Å². The molecular weight excluding hydrogens is 266 g/mol. The van der Waals surface area contributed by atoms with Crippen LogP contribution in [0.4, 0.5) is 0 Å². The number of hydrogen-bond donors (Lipinski definition) is 2. The molecule has 0 radical (unpaired) electrons. The first-order valence-corrected chi connectivity index (χ1v) is 8.30. The van der Waals surface area contributed by atoms with Crippen LogP contribution < -0.4 is 10.6 Å². The fraction of sp³-hybridized carbons (Fsp3) is 0.875. The van der Waals surface area contributed by atoms with Crippen molar-refractivity contribution in [3.05, 3.63) is 0 Å². The summed E-state index contributed by atoms with van der Waals surface area (Å²) in [5, 5.41) is 6.46. The van der Waals surface area contributed by atoms with Gasteiger partial charge in [0.05, 0.1) is 6.04 Å². The predicted octanol–water partition coefficient (Wildman–Crippen LogP) is 1.14. The minimum Gasteiger partial charge on any atom is -0.352 e. The number of piperidine rings is 2. The highest BCUT2D eigenvalue weighted by atomic mass is 16.2. The van der Waals surface area contributed by atoms with Gasteiger partial charge in [-0.3, -0.25) is 9.59 Å². The average molecular weight is 295 g/mol. The van der Waals surface area contributed by atoms with Crippen LogP contribution in [0.25, 0.3) is 0 Å². The van der Waals surface area contributed by atoms with E-state index in [-0.39, 0.29) is 29.8 Å². The minimum atomic E-state index is -0.0379. The molecule has 2 rings (SSSR count). The van der Waals surface area contributed by atoms with E-state index in [2.05, 4.69) is 17.6 Å². The number of hydrogen-bond acceptors (Lipinski definition) is 3. The molecule has 5 heteroatoms. The van der Waals surface area contributed by atoms with E-state index in [1.807, 2.05) is 18.7 Å². The van der Waals surface area contributed by atoms with Crippen LogP contribution in [0.5, 0.6) is 0 Å². The summed E-state index contributed by atoms with van der Waals surface area (Å²) in [6, 6.07) is 0.178. The van der Waals surface area contributed by atoms with Gasteiger partial charge in [0.25, 0.3) is 0 Å². The fourth-order valence-corrected chi connectivity index (χ4v) is 3.22. The second-order valence-electron chi connectivity index (χ2n) is 6.90. The number of carbonyl (C=O) groups excluding carboxylic acids is 2. The van der Waals surface area contributed by atoms with Crippen LogP contribution in [-0.4, -0.2) is 48.4 Å². The van der Waals surface area contributed by atoms with Crippen molar-refractivity contribution in [1.29, 1.82) is 0 Å². The number of amides is 2. The van der Waals surface area contributed by atoms with Crippen LogP contribution in [0, 0.1) is 11.8 Å². The molecule has 2 amide bonds. The Bertz CT molecular complexity index is 376. The van der Waals surface area contributed by atoms with Crippen LogP contribution in [-0.2, 0) is 9.59 Å². The highest BCUT2D eigenvalue weighted by Crippen LogP contribution is 2.17. The predicted molar refractivity (Wildman–Crippen MR) is 82.8 cm³/mol. The molecule has 0 aromatic heterocycles. The topological polar surface area (TPSA) is 61.4 Å². The molecule has 0 bridgehead atoms. The Hall–Kier alpha value is -1.10. The van der Waals surface area contributed by atoms with Gasteiger partial charge < -0.3 is 15.5 Å². The molecule has 0 aromatic rings. The summed E-state index contributed by atoms with van der Waals surface area (Å²) in [6.07, 6.45) is 3.81. The molecule has 0 spiro atoms. The number of likely N-dealkylation sites (tertiary alicyclic amines) is 1. The van der Waals surface area contributed by atoms with Crippen molar-refractivity contribution in [2.45, 2.75) is 58.5 Å². The Kier molecular flexibility index (Phi) is 5.62. The maximum atomic E-state index is 12.3. The minimum absolute atomic E-state index is 0.0379. The van der Waals surface area contributed by atoms with Crippen molar-refractivity contribution in [2.24, 2.45) is 11.8 Å². The van der Waals surface area contributed by atoms with Gasteiger partial charge in [-0.1, -0.05) is 20.8 Å². The third-order valence-electron chi connectivity index (χ3n) is 4.63. The molecular formula is C16H29N3O2. The van der Waals surface area contributed by atoms with Gasteiger partial charge in [0.15, 0.2) is 0 Å². The summed E-state index contributed by atoms with van der Waals surface area (Å²) < 4.78 is 0. The first-order valence-electron chi connectivity index (χ1n) is 8.30. The molecule has 5 nitrogen and oxygen atoms in total. The first kappa shape index (κ1) is 16.3. The Balaban J connectivity index is 1.75. The van der Waals surface area contributed by atoms with Crippen LogP contribution >= 0.6 is 0 Å². The molecule has 120 valence electrons. The van der Waals surface area contributed by atoms with Gasteiger partial charge in [-0.2, -0.15) is 0 Å². The zero-order valence-corrected chi connectivity index (χ0v) is 13.5. The smallest absolute Gasteiger partial charge is 0.237 e. The van der Waals surface area contributed by atoms with Gasteiger partial charge >= 0.3 is 0 Å². The zero-order valence-electron chi connectivity index (χ0n) is 13.5. The quantitative estimate of drug-likeness (QED) is 0.821. The van der Waals surface area contributed by atoms with E-state index in [0.717, 1.165) is 45.3 Å². The van der Waals surface area contributed by atoms with E-state index in [9.17, 15) is 9.59 Å². The Morgan fingerprint density at radius 2 is 1.86 bits per heavy atom. The summed E-state index contributed by atoms with van der Waals surface area (Å²) in [6.45, 7) is 8.53. The van der Waals surface area contributed by atoms with Crippen LogP contribution in [0.15, 0.2) is 0 Å². The van der Waals surface area contributed by atoms with Crippen molar-refractivity contribution in [1.82, 2.24) is 15.5 Å². The molecule has 2 aliphatic rings. The molecule has 0 saturated carbocycles. The van der Waals surface area contributed by atoms with E-state index in [0.29, 0.717) is 5.92 Å². The Labute approximate surface area is 127 Å². The molecule has 0 aliphatic carbocycles.